The number of aromatic nitrogens is 2. The van der Waals surface area contributed by atoms with E-state index in [-0.39, 0.29) is 11.7 Å². The molecule has 1 heterocycles. The van der Waals surface area contributed by atoms with Gasteiger partial charge in [-0.25, -0.2) is 5.43 Å². The second-order valence-corrected chi connectivity index (χ2v) is 10.1. The molecule has 0 aliphatic heterocycles. The summed E-state index contributed by atoms with van der Waals surface area (Å²) >= 11 is 4.51. The molecule has 1 aromatic heterocycles. The van der Waals surface area contributed by atoms with Gasteiger partial charge in [-0.3, -0.25) is 4.79 Å². The van der Waals surface area contributed by atoms with Gasteiger partial charge in [0, 0.05) is 5.75 Å². The van der Waals surface area contributed by atoms with Gasteiger partial charge >= 0.3 is 0 Å². The van der Waals surface area contributed by atoms with Gasteiger partial charge in [-0.05, 0) is 22.3 Å². The number of carbonyl (C=O) groups excluding carboxylic acids is 1. The van der Waals surface area contributed by atoms with Crippen LogP contribution in [0.15, 0.2) is 98.7 Å². The van der Waals surface area contributed by atoms with Crippen molar-refractivity contribution in [2.24, 2.45) is 5.10 Å². The zero-order chi connectivity index (χ0) is 22.0. The normalized spacial score (nSPS) is 11.0. The van der Waals surface area contributed by atoms with Crippen LogP contribution in [0.5, 0.6) is 0 Å². The fourth-order valence-corrected chi connectivity index (χ4v) is 5.53. The Labute approximate surface area is 199 Å². The molecule has 0 aliphatic carbocycles. The van der Waals surface area contributed by atoms with Crippen LogP contribution in [0.4, 0.5) is 0 Å². The first kappa shape index (κ1) is 22.3. The van der Waals surface area contributed by atoms with Crippen molar-refractivity contribution in [2.75, 3.05) is 5.75 Å². The minimum Gasteiger partial charge on any atom is -0.272 e. The van der Waals surface area contributed by atoms with Crippen LogP contribution in [0.25, 0.3) is 11.1 Å². The number of hydrogen-bond acceptors (Lipinski definition) is 7. The van der Waals surface area contributed by atoms with E-state index in [0.717, 1.165) is 25.6 Å². The van der Waals surface area contributed by atoms with E-state index in [1.165, 1.54) is 34.2 Å². The fraction of sp³-hybridized carbons (Fsp3) is 0.0833. The molecule has 0 spiro atoms. The lowest BCUT2D eigenvalue weighted by molar-refractivity contribution is -0.118. The van der Waals surface area contributed by atoms with Gasteiger partial charge in [-0.2, -0.15) is 5.10 Å². The molecule has 0 radical (unpaired) electrons. The Kier molecular flexibility index (Phi) is 8.08. The molecular weight excluding hydrogens is 456 g/mol. The molecule has 3 aromatic carbocycles. The summed E-state index contributed by atoms with van der Waals surface area (Å²) in [7, 11) is 0. The van der Waals surface area contributed by atoms with Crippen molar-refractivity contribution in [2.45, 2.75) is 14.4 Å². The number of nitrogens with one attached hydrogen (secondary N) is 1. The third-order valence-corrected chi connectivity index (χ3v) is 7.60. The van der Waals surface area contributed by atoms with Gasteiger partial charge in [0.25, 0.3) is 5.91 Å². The molecule has 4 aromatic rings. The van der Waals surface area contributed by atoms with Crippen LogP contribution < -0.4 is 5.43 Å². The Hall–Kier alpha value is -2.94. The Morgan fingerprint density at radius 2 is 1.47 bits per heavy atom. The molecule has 0 unspecified atom stereocenters. The van der Waals surface area contributed by atoms with Gasteiger partial charge in [-0.15, -0.1) is 10.2 Å². The standard InChI is InChI=1S/C24H20N4OS3/c29-22(17-31-24-28-27-23(32-24)30-16-19-7-3-1-4-8-19)26-25-15-18-11-13-21(14-12-18)20-9-5-2-6-10-20/h1-15H,16-17H2,(H,26,29). The Morgan fingerprint density at radius 3 is 2.19 bits per heavy atom. The quantitative estimate of drug-likeness (QED) is 0.190. The van der Waals surface area contributed by atoms with Gasteiger partial charge in [-0.1, -0.05) is 120 Å². The maximum Gasteiger partial charge on any atom is 0.250 e. The molecule has 4 rings (SSSR count). The van der Waals surface area contributed by atoms with Crippen molar-refractivity contribution in [3.63, 3.8) is 0 Å². The molecule has 1 N–H and O–H groups in total. The van der Waals surface area contributed by atoms with Gasteiger partial charge < -0.3 is 0 Å². The van der Waals surface area contributed by atoms with Crippen molar-refractivity contribution in [3.05, 3.63) is 96.1 Å². The number of amides is 1. The predicted octanol–water partition coefficient (Wildman–Crippen LogP) is 5.74. The maximum absolute atomic E-state index is 12.1. The number of nitrogens with zero attached hydrogens (tertiary/aromatic N) is 3. The van der Waals surface area contributed by atoms with Crippen LogP contribution in [-0.4, -0.2) is 28.1 Å². The molecule has 160 valence electrons. The summed E-state index contributed by atoms with van der Waals surface area (Å²) in [5.74, 6) is 0.907. The van der Waals surface area contributed by atoms with Crippen LogP contribution in [-0.2, 0) is 10.5 Å². The summed E-state index contributed by atoms with van der Waals surface area (Å²) in [6.45, 7) is 0. The molecule has 1 amide bonds. The first-order valence-corrected chi connectivity index (χ1v) is 12.7. The smallest absolute Gasteiger partial charge is 0.250 e. The summed E-state index contributed by atoms with van der Waals surface area (Å²) in [5.41, 5.74) is 7.03. The van der Waals surface area contributed by atoms with Gasteiger partial charge in [0.15, 0.2) is 8.68 Å². The minimum atomic E-state index is -0.180. The topological polar surface area (TPSA) is 67.2 Å². The molecule has 0 fully saturated rings. The van der Waals surface area contributed by atoms with E-state index in [1.54, 1.807) is 18.0 Å². The summed E-state index contributed by atoms with van der Waals surface area (Å²) in [5, 5.41) is 12.4. The molecule has 0 atom stereocenters. The summed E-state index contributed by atoms with van der Waals surface area (Å²) in [6.07, 6.45) is 1.64. The Balaban J connectivity index is 1.20. The summed E-state index contributed by atoms with van der Waals surface area (Å²) in [6, 6.07) is 28.4. The molecule has 5 nitrogen and oxygen atoms in total. The van der Waals surface area contributed by atoms with Crippen LogP contribution in [0.2, 0.25) is 0 Å². The maximum atomic E-state index is 12.1. The molecule has 8 heteroatoms. The van der Waals surface area contributed by atoms with Gasteiger partial charge in [0.1, 0.15) is 0 Å². The van der Waals surface area contributed by atoms with Gasteiger partial charge in [0.2, 0.25) is 0 Å². The fourth-order valence-electron chi connectivity index (χ4n) is 2.76. The van der Waals surface area contributed by atoms with E-state index in [1.807, 2.05) is 60.7 Å². The van der Waals surface area contributed by atoms with Gasteiger partial charge in [0.05, 0.1) is 12.0 Å². The average molecular weight is 477 g/mol. The van der Waals surface area contributed by atoms with E-state index in [2.05, 4.69) is 45.0 Å². The molecule has 0 saturated heterocycles. The zero-order valence-electron chi connectivity index (χ0n) is 17.0. The monoisotopic (exact) mass is 476 g/mol. The third-order valence-electron chi connectivity index (χ3n) is 4.34. The van der Waals surface area contributed by atoms with E-state index >= 15 is 0 Å². The van der Waals surface area contributed by atoms with Crippen LogP contribution in [0.3, 0.4) is 0 Å². The number of rotatable bonds is 9. The van der Waals surface area contributed by atoms with E-state index in [9.17, 15) is 4.79 Å². The number of carbonyl (C=O) groups is 1. The largest absolute Gasteiger partial charge is 0.272 e. The first-order chi connectivity index (χ1) is 15.8. The molecule has 0 bridgehead atoms. The van der Waals surface area contributed by atoms with Crippen molar-refractivity contribution in [1.29, 1.82) is 0 Å². The Morgan fingerprint density at radius 1 is 0.844 bits per heavy atom. The molecule has 0 aliphatic rings. The van der Waals surface area contributed by atoms with E-state index in [0.29, 0.717) is 0 Å². The zero-order valence-corrected chi connectivity index (χ0v) is 19.5. The van der Waals surface area contributed by atoms with Crippen LogP contribution >= 0.6 is 34.9 Å². The number of thioether (sulfide) groups is 2. The van der Waals surface area contributed by atoms with E-state index in [4.69, 9.17) is 0 Å². The summed E-state index contributed by atoms with van der Waals surface area (Å²) < 4.78 is 1.67. The molecular formula is C24H20N4OS3. The highest BCUT2D eigenvalue weighted by Gasteiger charge is 2.08. The van der Waals surface area contributed by atoms with Crippen molar-refractivity contribution < 1.29 is 4.79 Å². The SMILES string of the molecule is O=C(CSc1nnc(SCc2ccccc2)s1)NN=Cc1ccc(-c2ccccc2)cc1. The lowest BCUT2D eigenvalue weighted by atomic mass is 10.0. The number of hydrogen-bond donors (Lipinski definition) is 1. The highest BCUT2D eigenvalue weighted by molar-refractivity contribution is 8.03. The third kappa shape index (κ3) is 6.78. The lowest BCUT2D eigenvalue weighted by Gasteiger charge is -2.02. The van der Waals surface area contributed by atoms with Crippen molar-refractivity contribution >= 4 is 47.0 Å². The highest BCUT2D eigenvalue weighted by atomic mass is 32.2. The molecule has 0 saturated carbocycles. The van der Waals surface area contributed by atoms with Crippen LogP contribution in [0, 0.1) is 0 Å². The van der Waals surface area contributed by atoms with E-state index < -0.39 is 0 Å². The second kappa shape index (κ2) is 11.6. The van der Waals surface area contributed by atoms with Crippen molar-refractivity contribution in [1.82, 2.24) is 15.6 Å². The average Bonchev–Trinajstić information content (AvgIpc) is 3.31. The highest BCUT2D eigenvalue weighted by Crippen LogP contribution is 2.30. The Bertz CT molecular complexity index is 1160. The van der Waals surface area contributed by atoms with Crippen LogP contribution in [0.1, 0.15) is 11.1 Å². The second-order valence-electron chi connectivity index (χ2n) is 6.68. The number of benzene rings is 3. The first-order valence-electron chi connectivity index (χ1n) is 9.87. The minimum absolute atomic E-state index is 0.180. The number of hydrazone groups is 1. The molecule has 32 heavy (non-hydrogen) atoms. The summed E-state index contributed by atoms with van der Waals surface area (Å²) in [4.78, 5) is 12.1. The lowest BCUT2D eigenvalue weighted by Crippen LogP contribution is -2.19. The predicted molar refractivity (Wildman–Crippen MR) is 134 cm³/mol. The van der Waals surface area contributed by atoms with Crippen molar-refractivity contribution in [3.8, 4) is 11.1 Å².